The minimum absolute atomic E-state index is 0.000203. The van der Waals surface area contributed by atoms with Crippen molar-refractivity contribution < 1.29 is 29.5 Å². The minimum Gasteiger partial charge on any atom is -0.504 e. The largest absolute Gasteiger partial charge is 0.504 e. The van der Waals surface area contributed by atoms with E-state index in [4.69, 9.17) is 14.2 Å². The van der Waals surface area contributed by atoms with Gasteiger partial charge in [-0.15, -0.1) is 0 Å². The molecule has 0 saturated carbocycles. The number of nitrogens with zero attached hydrogens (tertiary/aromatic N) is 6. The molecule has 198 valence electrons. The Morgan fingerprint density at radius 3 is 1.05 bits per heavy atom. The molecule has 0 spiro atoms. The van der Waals surface area contributed by atoms with Crippen molar-refractivity contribution in [3.63, 3.8) is 0 Å². The van der Waals surface area contributed by atoms with E-state index in [1.807, 2.05) is 0 Å². The first-order valence-electron chi connectivity index (χ1n) is 11.4. The van der Waals surface area contributed by atoms with E-state index in [-0.39, 0.29) is 35.1 Å². The van der Waals surface area contributed by atoms with Gasteiger partial charge in [-0.1, -0.05) is 0 Å². The summed E-state index contributed by atoms with van der Waals surface area (Å²) in [4.78, 5) is 25.8. The van der Waals surface area contributed by atoms with Gasteiger partial charge in [-0.3, -0.25) is 0 Å². The number of phenolic OH excluding ortho intramolecular Hbond substituents is 3. The summed E-state index contributed by atoms with van der Waals surface area (Å²) >= 11 is 0. The van der Waals surface area contributed by atoms with Crippen molar-refractivity contribution in [3.8, 4) is 34.5 Å². The van der Waals surface area contributed by atoms with Crippen LogP contribution in [0.5, 0.6) is 34.5 Å². The summed E-state index contributed by atoms with van der Waals surface area (Å²) in [6.07, 6.45) is 4.48. The van der Waals surface area contributed by atoms with Crippen LogP contribution in [0.15, 0.2) is 69.6 Å². The van der Waals surface area contributed by atoms with Gasteiger partial charge in [-0.2, -0.15) is 15.0 Å². The highest BCUT2D eigenvalue weighted by atomic mass is 16.5. The van der Waals surface area contributed by atoms with Crippen LogP contribution in [0.25, 0.3) is 0 Å². The smallest absolute Gasteiger partial charge is 0.256 e. The maximum Gasteiger partial charge on any atom is 0.256 e. The summed E-state index contributed by atoms with van der Waals surface area (Å²) in [6, 6.07) is 14.2. The topological polar surface area (TPSA) is 164 Å². The molecule has 4 aromatic rings. The van der Waals surface area contributed by atoms with Gasteiger partial charge in [0.05, 0.1) is 21.3 Å². The van der Waals surface area contributed by atoms with Crippen LogP contribution >= 0.6 is 0 Å². The molecule has 1 heterocycles. The van der Waals surface area contributed by atoms with Gasteiger partial charge < -0.3 is 29.5 Å². The number of benzene rings is 3. The van der Waals surface area contributed by atoms with E-state index in [0.717, 1.165) is 0 Å². The molecule has 0 aliphatic heterocycles. The molecule has 4 rings (SSSR count). The Labute approximate surface area is 223 Å². The number of aromatic nitrogens is 3. The third-order valence-electron chi connectivity index (χ3n) is 5.20. The van der Waals surface area contributed by atoms with Crippen LogP contribution in [-0.2, 0) is 0 Å². The highest BCUT2D eigenvalue weighted by Gasteiger charge is 2.07. The predicted octanol–water partition coefficient (Wildman–Crippen LogP) is 4.27. The van der Waals surface area contributed by atoms with Crippen LogP contribution in [0.3, 0.4) is 0 Å². The Bertz CT molecular complexity index is 1370. The molecule has 12 heteroatoms. The summed E-state index contributed by atoms with van der Waals surface area (Å²) in [6.45, 7) is 0. The normalized spacial score (nSPS) is 11.5. The van der Waals surface area contributed by atoms with Crippen molar-refractivity contribution in [2.24, 2.45) is 15.0 Å². The predicted molar refractivity (Wildman–Crippen MR) is 146 cm³/mol. The molecule has 0 bridgehead atoms. The number of methoxy groups -OCH3 is 3. The van der Waals surface area contributed by atoms with E-state index >= 15 is 0 Å². The van der Waals surface area contributed by atoms with E-state index in [1.54, 1.807) is 36.4 Å². The van der Waals surface area contributed by atoms with Gasteiger partial charge >= 0.3 is 0 Å². The molecule has 1 aromatic heterocycles. The lowest BCUT2D eigenvalue weighted by atomic mass is 10.2. The summed E-state index contributed by atoms with van der Waals surface area (Å²) in [7, 11) is 4.34. The van der Waals surface area contributed by atoms with E-state index in [1.165, 1.54) is 58.2 Å². The van der Waals surface area contributed by atoms with Gasteiger partial charge in [-0.25, -0.2) is 15.0 Å². The van der Waals surface area contributed by atoms with Crippen LogP contribution in [0.2, 0.25) is 0 Å². The van der Waals surface area contributed by atoms with Gasteiger partial charge in [0.15, 0.2) is 34.5 Å². The van der Waals surface area contributed by atoms with Crippen molar-refractivity contribution >= 4 is 36.5 Å². The second-order valence-electron chi connectivity index (χ2n) is 7.80. The number of phenols is 3. The van der Waals surface area contributed by atoms with E-state index in [2.05, 4.69) is 29.9 Å². The highest BCUT2D eigenvalue weighted by Crippen LogP contribution is 2.28. The van der Waals surface area contributed by atoms with Gasteiger partial charge in [0, 0.05) is 18.6 Å². The maximum absolute atomic E-state index is 9.82. The summed E-state index contributed by atoms with van der Waals surface area (Å²) in [5.41, 5.74) is 1.90. The number of aromatic hydroxyl groups is 3. The lowest BCUT2D eigenvalue weighted by Gasteiger charge is -2.04. The molecule has 0 fully saturated rings. The first-order valence-corrected chi connectivity index (χ1v) is 11.4. The Balaban J connectivity index is 1.69. The Hall–Kier alpha value is -5.52. The Morgan fingerprint density at radius 1 is 0.513 bits per heavy atom. The lowest BCUT2D eigenvalue weighted by molar-refractivity contribution is 0.373. The number of aliphatic imine (C=N–C) groups is 3. The molecule has 39 heavy (non-hydrogen) atoms. The van der Waals surface area contributed by atoms with Crippen molar-refractivity contribution in [1.29, 1.82) is 0 Å². The SMILES string of the molecule is COc1cc(C=Nc2nc(N=Cc3ccc(O)c(OC)c3)nc(N=Cc3ccc(O)c(OC)c3)n2)ccc1O. The van der Waals surface area contributed by atoms with E-state index in [0.29, 0.717) is 33.9 Å². The molecular formula is C27H24N6O6. The van der Waals surface area contributed by atoms with Crippen LogP contribution < -0.4 is 14.2 Å². The van der Waals surface area contributed by atoms with Gasteiger partial charge in [0.2, 0.25) is 0 Å². The second kappa shape index (κ2) is 12.1. The number of hydrogen-bond donors (Lipinski definition) is 3. The molecule has 0 radical (unpaired) electrons. The van der Waals surface area contributed by atoms with Crippen LogP contribution in [-0.4, -0.2) is 70.2 Å². The zero-order valence-electron chi connectivity index (χ0n) is 21.2. The van der Waals surface area contributed by atoms with E-state index in [9.17, 15) is 15.3 Å². The Morgan fingerprint density at radius 2 is 0.795 bits per heavy atom. The number of hydrogen-bond acceptors (Lipinski definition) is 12. The molecule has 0 aliphatic rings. The van der Waals surface area contributed by atoms with Crippen molar-refractivity contribution in [2.75, 3.05) is 21.3 Å². The number of ether oxygens (including phenoxy) is 3. The molecule has 0 atom stereocenters. The molecule has 3 N–H and O–H groups in total. The van der Waals surface area contributed by atoms with Crippen LogP contribution in [0.4, 0.5) is 17.8 Å². The molecule has 12 nitrogen and oxygen atoms in total. The zero-order valence-corrected chi connectivity index (χ0v) is 21.2. The van der Waals surface area contributed by atoms with Crippen molar-refractivity contribution in [1.82, 2.24) is 15.0 Å². The second-order valence-corrected chi connectivity index (χ2v) is 7.80. The maximum atomic E-state index is 9.82. The third-order valence-corrected chi connectivity index (χ3v) is 5.20. The van der Waals surface area contributed by atoms with Crippen molar-refractivity contribution in [3.05, 3.63) is 71.3 Å². The third kappa shape index (κ3) is 6.83. The quantitative estimate of drug-likeness (QED) is 0.269. The van der Waals surface area contributed by atoms with Crippen molar-refractivity contribution in [2.45, 2.75) is 0 Å². The summed E-state index contributed by atoms with van der Waals surface area (Å²) in [5, 5.41) is 29.5. The molecule has 0 saturated heterocycles. The molecule has 0 amide bonds. The fraction of sp³-hybridized carbons (Fsp3) is 0.111. The van der Waals surface area contributed by atoms with E-state index < -0.39 is 0 Å². The van der Waals surface area contributed by atoms with Crippen LogP contribution in [0, 0.1) is 0 Å². The average Bonchev–Trinajstić information content (AvgIpc) is 2.95. The Kier molecular flexibility index (Phi) is 8.27. The summed E-state index contributed by atoms with van der Waals surface area (Å²) < 4.78 is 15.4. The highest BCUT2D eigenvalue weighted by molar-refractivity contribution is 5.84. The van der Waals surface area contributed by atoms with Gasteiger partial charge in [-0.05, 0) is 71.3 Å². The fourth-order valence-electron chi connectivity index (χ4n) is 3.24. The number of rotatable bonds is 9. The zero-order chi connectivity index (χ0) is 27.8. The lowest BCUT2D eigenvalue weighted by Crippen LogP contribution is -1.92. The standard InChI is InChI=1S/C27H24N6O6/c1-37-22-10-16(4-7-19(22)34)13-28-25-31-26(29-14-17-5-8-20(35)23(11-17)38-2)33-27(32-25)30-15-18-6-9-21(36)24(12-18)39-3/h4-15,34-36H,1-3H3. The monoisotopic (exact) mass is 528 g/mol. The molecular weight excluding hydrogens is 504 g/mol. The molecule has 3 aromatic carbocycles. The first-order chi connectivity index (χ1) is 18.9. The van der Waals surface area contributed by atoms with Crippen LogP contribution in [0.1, 0.15) is 16.7 Å². The summed E-state index contributed by atoms with van der Waals surface area (Å²) in [5.74, 6) is 0.963. The molecule has 0 aliphatic carbocycles. The average molecular weight is 529 g/mol. The molecule has 0 unspecified atom stereocenters. The van der Waals surface area contributed by atoms with Gasteiger partial charge in [0.25, 0.3) is 17.8 Å². The minimum atomic E-state index is -0.000203. The van der Waals surface area contributed by atoms with Gasteiger partial charge in [0.1, 0.15) is 0 Å². The fourth-order valence-corrected chi connectivity index (χ4v) is 3.24. The first kappa shape index (κ1) is 26.5.